The van der Waals surface area contributed by atoms with E-state index in [9.17, 15) is 4.79 Å². The van der Waals surface area contributed by atoms with E-state index in [-0.39, 0.29) is 12.6 Å². The van der Waals surface area contributed by atoms with Gasteiger partial charge in [-0.3, -0.25) is 0 Å². The van der Waals surface area contributed by atoms with E-state index in [1.54, 1.807) is 12.2 Å². The third kappa shape index (κ3) is 8.29. The van der Waals surface area contributed by atoms with E-state index in [1.807, 2.05) is 27.7 Å². The number of carbonyl (C=O) groups is 1. The first-order valence-corrected chi connectivity index (χ1v) is 5.66. The molecule has 0 bridgehead atoms. The van der Waals surface area contributed by atoms with Crippen LogP contribution < -0.4 is 5.32 Å². The summed E-state index contributed by atoms with van der Waals surface area (Å²) in [6.45, 7) is 7.49. The maximum absolute atomic E-state index is 11.5. The van der Waals surface area contributed by atoms with Crippen LogP contribution in [0.25, 0.3) is 0 Å². The highest BCUT2D eigenvalue weighted by Crippen LogP contribution is 2.07. The van der Waals surface area contributed by atoms with Crippen molar-refractivity contribution < 1.29 is 14.6 Å². The Bertz CT molecular complexity index is 231. The molecule has 0 aromatic carbocycles. The lowest BCUT2D eigenvalue weighted by molar-refractivity contribution is 0.0512. The van der Waals surface area contributed by atoms with E-state index in [1.165, 1.54) is 0 Å². The molecule has 0 unspecified atom stereocenters. The van der Waals surface area contributed by atoms with Crippen LogP contribution in [-0.4, -0.2) is 29.4 Å². The molecule has 2 N–H and O–H groups in total. The summed E-state index contributed by atoms with van der Waals surface area (Å²) in [5.41, 5.74) is -0.485. The molecule has 0 aromatic rings. The number of amides is 1. The predicted octanol–water partition coefficient (Wildman–Crippen LogP) is 2.23. The highest BCUT2D eigenvalue weighted by atomic mass is 16.6. The van der Waals surface area contributed by atoms with Gasteiger partial charge in [-0.1, -0.05) is 25.5 Å². The zero-order chi connectivity index (χ0) is 12.6. The summed E-state index contributed by atoms with van der Waals surface area (Å²) in [6.07, 6.45) is 4.77. The zero-order valence-corrected chi connectivity index (χ0v) is 10.6. The van der Waals surface area contributed by atoms with Gasteiger partial charge in [0.2, 0.25) is 0 Å². The lowest BCUT2D eigenvalue weighted by Crippen LogP contribution is -2.38. The number of aliphatic hydroxyl groups excluding tert-OH is 1. The lowest BCUT2D eigenvalue weighted by atomic mass is 10.1. The second-order valence-corrected chi connectivity index (χ2v) is 4.65. The van der Waals surface area contributed by atoms with Gasteiger partial charge in [0.1, 0.15) is 5.60 Å². The molecule has 0 radical (unpaired) electrons. The lowest BCUT2D eigenvalue weighted by Gasteiger charge is -2.22. The smallest absolute Gasteiger partial charge is 0.408 e. The minimum Gasteiger partial charge on any atom is -0.444 e. The fraction of sp³-hybridized carbons (Fsp3) is 0.750. The van der Waals surface area contributed by atoms with Crippen molar-refractivity contribution in [2.24, 2.45) is 0 Å². The van der Waals surface area contributed by atoms with Crippen LogP contribution in [0.5, 0.6) is 0 Å². The normalized spacial score (nSPS) is 13.8. The van der Waals surface area contributed by atoms with Crippen LogP contribution in [0.1, 0.15) is 40.5 Å². The molecule has 16 heavy (non-hydrogen) atoms. The SMILES string of the molecule is CCC[C@@H](C=CCO)NC(=O)OC(C)(C)C. The number of nitrogens with one attached hydrogen (secondary N) is 1. The van der Waals surface area contributed by atoms with Crippen LogP contribution in [-0.2, 0) is 4.74 Å². The minimum absolute atomic E-state index is 0.0176. The van der Waals surface area contributed by atoms with Crippen LogP contribution in [0.15, 0.2) is 12.2 Å². The molecule has 0 aromatic heterocycles. The fourth-order valence-electron chi connectivity index (χ4n) is 1.21. The molecule has 1 atom stereocenters. The minimum atomic E-state index is -0.485. The largest absolute Gasteiger partial charge is 0.444 e. The standard InChI is InChI=1S/C12H23NO3/c1-5-7-10(8-6-9-14)13-11(15)16-12(2,3)4/h6,8,10,14H,5,7,9H2,1-4H3,(H,13,15)/t10-/m0/s1. The van der Waals surface area contributed by atoms with Crippen molar-refractivity contribution in [1.29, 1.82) is 0 Å². The summed E-state index contributed by atoms with van der Waals surface area (Å²) < 4.78 is 5.15. The Kier molecular flexibility index (Phi) is 6.81. The monoisotopic (exact) mass is 229 g/mol. The zero-order valence-electron chi connectivity index (χ0n) is 10.6. The topological polar surface area (TPSA) is 58.6 Å². The second kappa shape index (κ2) is 7.28. The van der Waals surface area contributed by atoms with Crippen LogP contribution in [0.4, 0.5) is 4.79 Å². The quantitative estimate of drug-likeness (QED) is 0.711. The number of ether oxygens (including phenoxy) is 1. The molecular weight excluding hydrogens is 206 g/mol. The fourth-order valence-corrected chi connectivity index (χ4v) is 1.21. The van der Waals surface area contributed by atoms with E-state index in [0.29, 0.717) is 0 Å². The number of alkyl carbamates (subject to hydrolysis) is 1. The molecular formula is C12H23NO3. The Hall–Kier alpha value is -1.03. The third-order valence-corrected chi connectivity index (χ3v) is 1.78. The van der Waals surface area contributed by atoms with Crippen LogP contribution >= 0.6 is 0 Å². The van der Waals surface area contributed by atoms with Gasteiger partial charge in [0.25, 0.3) is 0 Å². The molecule has 0 aliphatic rings. The highest BCUT2D eigenvalue weighted by molar-refractivity contribution is 5.68. The Morgan fingerprint density at radius 1 is 1.50 bits per heavy atom. The van der Waals surface area contributed by atoms with E-state index in [2.05, 4.69) is 5.32 Å². The van der Waals surface area contributed by atoms with Crippen LogP contribution in [0, 0.1) is 0 Å². The summed E-state index contributed by atoms with van der Waals surface area (Å²) >= 11 is 0. The van der Waals surface area contributed by atoms with Gasteiger partial charge in [-0.05, 0) is 27.2 Å². The summed E-state index contributed by atoms with van der Waals surface area (Å²) in [6, 6.07) is -0.0769. The Morgan fingerprint density at radius 3 is 2.56 bits per heavy atom. The van der Waals surface area contributed by atoms with E-state index < -0.39 is 11.7 Å². The van der Waals surface area contributed by atoms with Gasteiger partial charge >= 0.3 is 6.09 Å². The molecule has 0 saturated heterocycles. The van der Waals surface area contributed by atoms with Gasteiger partial charge in [0.15, 0.2) is 0 Å². The summed E-state index contributed by atoms with van der Waals surface area (Å²) in [5, 5.41) is 11.4. The molecule has 0 aliphatic heterocycles. The first kappa shape index (κ1) is 15.0. The number of hydrogen-bond acceptors (Lipinski definition) is 3. The van der Waals surface area contributed by atoms with Crippen molar-refractivity contribution in [2.45, 2.75) is 52.2 Å². The third-order valence-electron chi connectivity index (χ3n) is 1.78. The molecule has 0 aliphatic carbocycles. The number of hydrogen-bond donors (Lipinski definition) is 2. The summed E-state index contributed by atoms with van der Waals surface area (Å²) in [7, 11) is 0. The molecule has 0 heterocycles. The first-order chi connectivity index (χ1) is 7.39. The van der Waals surface area contributed by atoms with E-state index in [0.717, 1.165) is 12.8 Å². The van der Waals surface area contributed by atoms with Gasteiger partial charge in [-0.15, -0.1) is 0 Å². The van der Waals surface area contributed by atoms with Gasteiger partial charge < -0.3 is 15.2 Å². The maximum atomic E-state index is 11.5. The van der Waals surface area contributed by atoms with E-state index >= 15 is 0 Å². The maximum Gasteiger partial charge on any atom is 0.408 e. The van der Waals surface area contributed by atoms with Crippen molar-refractivity contribution in [2.75, 3.05) is 6.61 Å². The molecule has 0 fully saturated rings. The Labute approximate surface area is 97.7 Å². The molecule has 4 nitrogen and oxygen atoms in total. The van der Waals surface area contributed by atoms with Gasteiger partial charge in [-0.25, -0.2) is 4.79 Å². The molecule has 0 rings (SSSR count). The molecule has 94 valence electrons. The number of aliphatic hydroxyl groups is 1. The van der Waals surface area contributed by atoms with Crippen molar-refractivity contribution in [3.63, 3.8) is 0 Å². The number of carbonyl (C=O) groups excluding carboxylic acids is 1. The van der Waals surface area contributed by atoms with Crippen molar-refractivity contribution in [1.82, 2.24) is 5.32 Å². The van der Waals surface area contributed by atoms with Gasteiger partial charge in [0, 0.05) is 0 Å². The van der Waals surface area contributed by atoms with Crippen molar-refractivity contribution in [3.8, 4) is 0 Å². The Balaban J connectivity index is 4.17. The summed E-state index contributed by atoms with van der Waals surface area (Å²) in [5.74, 6) is 0. The average molecular weight is 229 g/mol. The van der Waals surface area contributed by atoms with Crippen molar-refractivity contribution in [3.05, 3.63) is 12.2 Å². The number of rotatable bonds is 5. The summed E-state index contributed by atoms with van der Waals surface area (Å²) in [4.78, 5) is 11.5. The molecule has 0 spiro atoms. The van der Waals surface area contributed by atoms with Crippen LogP contribution in [0.3, 0.4) is 0 Å². The Morgan fingerprint density at radius 2 is 2.12 bits per heavy atom. The van der Waals surface area contributed by atoms with Crippen LogP contribution in [0.2, 0.25) is 0 Å². The highest BCUT2D eigenvalue weighted by Gasteiger charge is 2.17. The second-order valence-electron chi connectivity index (χ2n) is 4.65. The first-order valence-electron chi connectivity index (χ1n) is 5.66. The predicted molar refractivity (Wildman–Crippen MR) is 64.3 cm³/mol. The average Bonchev–Trinajstić information content (AvgIpc) is 2.11. The van der Waals surface area contributed by atoms with Gasteiger partial charge in [0.05, 0.1) is 12.6 Å². The van der Waals surface area contributed by atoms with E-state index in [4.69, 9.17) is 9.84 Å². The van der Waals surface area contributed by atoms with Crippen molar-refractivity contribution >= 4 is 6.09 Å². The van der Waals surface area contributed by atoms with Gasteiger partial charge in [-0.2, -0.15) is 0 Å². The molecule has 4 heteroatoms. The molecule has 1 amide bonds. The molecule has 0 saturated carbocycles.